The molecule has 0 saturated heterocycles. The standard InChI is InChI=1S/C10H11F3/c1-7-2-4-8(5-3-7)6-9(11)10(12)13/h2,4H,3,5-6H2,1H3. The highest BCUT2D eigenvalue weighted by molar-refractivity contribution is 5.25. The van der Waals surface area contributed by atoms with E-state index in [9.17, 15) is 13.2 Å². The Bertz CT molecular complexity index is 281. The van der Waals surface area contributed by atoms with Crippen molar-refractivity contribution in [3.63, 3.8) is 0 Å². The van der Waals surface area contributed by atoms with Crippen molar-refractivity contribution in [3.05, 3.63) is 35.2 Å². The van der Waals surface area contributed by atoms with E-state index >= 15 is 0 Å². The average molecular weight is 188 g/mol. The first-order chi connectivity index (χ1) is 6.09. The Morgan fingerprint density at radius 2 is 1.92 bits per heavy atom. The van der Waals surface area contributed by atoms with Gasteiger partial charge in [-0.25, -0.2) is 4.39 Å². The summed E-state index contributed by atoms with van der Waals surface area (Å²) in [4.78, 5) is 0. The molecule has 0 atom stereocenters. The minimum atomic E-state index is -2.20. The van der Waals surface area contributed by atoms with Gasteiger partial charge in [-0.2, -0.15) is 8.78 Å². The molecule has 0 heterocycles. The minimum absolute atomic E-state index is 0.244. The molecule has 13 heavy (non-hydrogen) atoms. The maximum atomic E-state index is 12.5. The van der Waals surface area contributed by atoms with Crippen LogP contribution in [0.5, 0.6) is 0 Å². The smallest absolute Gasteiger partial charge is 0.206 e. The van der Waals surface area contributed by atoms with E-state index in [4.69, 9.17) is 0 Å². The molecule has 0 radical (unpaired) electrons. The van der Waals surface area contributed by atoms with Crippen molar-refractivity contribution in [2.75, 3.05) is 0 Å². The quantitative estimate of drug-likeness (QED) is 0.611. The molecule has 0 unspecified atom stereocenters. The fraction of sp³-hybridized carbons (Fsp3) is 0.400. The van der Waals surface area contributed by atoms with Crippen LogP contribution in [0.25, 0.3) is 0 Å². The predicted octanol–water partition coefficient (Wildman–Crippen LogP) is 4.12. The molecule has 0 saturated carbocycles. The van der Waals surface area contributed by atoms with Gasteiger partial charge in [0, 0.05) is 6.42 Å². The van der Waals surface area contributed by atoms with Gasteiger partial charge in [0.25, 0.3) is 0 Å². The third-order valence-corrected chi connectivity index (χ3v) is 2.03. The number of allylic oxidation sites excluding steroid dienone is 5. The van der Waals surface area contributed by atoms with E-state index in [1.807, 2.05) is 13.0 Å². The Morgan fingerprint density at radius 1 is 1.23 bits per heavy atom. The highest BCUT2D eigenvalue weighted by Gasteiger charge is 2.10. The van der Waals surface area contributed by atoms with Gasteiger partial charge >= 0.3 is 6.08 Å². The molecule has 1 aliphatic rings. The van der Waals surface area contributed by atoms with Crippen molar-refractivity contribution in [1.82, 2.24) is 0 Å². The zero-order valence-electron chi connectivity index (χ0n) is 7.41. The molecule has 0 aromatic rings. The summed E-state index contributed by atoms with van der Waals surface area (Å²) in [5, 5.41) is 0. The van der Waals surface area contributed by atoms with E-state index < -0.39 is 11.9 Å². The lowest BCUT2D eigenvalue weighted by Gasteiger charge is -2.10. The number of halogens is 3. The molecule has 0 amide bonds. The number of rotatable bonds is 2. The molecule has 0 bridgehead atoms. The van der Waals surface area contributed by atoms with Crippen LogP contribution in [0.1, 0.15) is 26.2 Å². The van der Waals surface area contributed by atoms with Gasteiger partial charge in [0.15, 0.2) is 5.83 Å². The molecule has 0 N–H and O–H groups in total. The minimum Gasteiger partial charge on any atom is -0.206 e. The van der Waals surface area contributed by atoms with Crippen molar-refractivity contribution in [3.8, 4) is 0 Å². The average Bonchev–Trinajstić information content (AvgIpc) is 2.08. The van der Waals surface area contributed by atoms with Gasteiger partial charge in [-0.15, -0.1) is 0 Å². The normalized spacial score (nSPS) is 16.3. The van der Waals surface area contributed by atoms with Crippen LogP contribution in [0.4, 0.5) is 13.2 Å². The Kier molecular flexibility index (Phi) is 3.34. The Morgan fingerprint density at radius 3 is 2.38 bits per heavy atom. The fourth-order valence-corrected chi connectivity index (χ4v) is 1.20. The van der Waals surface area contributed by atoms with Crippen LogP contribution in [0, 0.1) is 0 Å². The van der Waals surface area contributed by atoms with Gasteiger partial charge in [-0.05, 0) is 19.8 Å². The summed E-state index contributed by atoms with van der Waals surface area (Å²) in [5.74, 6) is -1.31. The first kappa shape index (κ1) is 10.1. The molecule has 0 aromatic heterocycles. The summed E-state index contributed by atoms with van der Waals surface area (Å²) in [5.41, 5.74) is 1.93. The molecule has 0 spiro atoms. The molecule has 72 valence electrons. The Balaban J connectivity index is 2.62. The maximum absolute atomic E-state index is 12.5. The van der Waals surface area contributed by atoms with Crippen LogP contribution < -0.4 is 0 Å². The first-order valence-corrected chi connectivity index (χ1v) is 4.14. The van der Waals surface area contributed by atoms with Crippen molar-refractivity contribution < 1.29 is 13.2 Å². The van der Waals surface area contributed by atoms with E-state index in [-0.39, 0.29) is 6.42 Å². The van der Waals surface area contributed by atoms with Crippen LogP contribution in [-0.2, 0) is 0 Å². The van der Waals surface area contributed by atoms with Gasteiger partial charge < -0.3 is 0 Å². The van der Waals surface area contributed by atoms with Crippen molar-refractivity contribution in [1.29, 1.82) is 0 Å². The van der Waals surface area contributed by atoms with Crippen LogP contribution in [0.3, 0.4) is 0 Å². The molecule has 0 nitrogen and oxygen atoms in total. The van der Waals surface area contributed by atoms with Crippen LogP contribution >= 0.6 is 0 Å². The second-order valence-corrected chi connectivity index (χ2v) is 3.18. The van der Waals surface area contributed by atoms with Crippen LogP contribution in [0.2, 0.25) is 0 Å². The van der Waals surface area contributed by atoms with E-state index in [1.165, 1.54) is 5.57 Å². The lowest BCUT2D eigenvalue weighted by Crippen LogP contribution is -1.92. The summed E-state index contributed by atoms with van der Waals surface area (Å²) < 4.78 is 35.9. The summed E-state index contributed by atoms with van der Waals surface area (Å²) in [6.07, 6.45) is 2.65. The summed E-state index contributed by atoms with van der Waals surface area (Å²) in [6.45, 7) is 1.97. The maximum Gasteiger partial charge on any atom is 0.301 e. The molecule has 0 aliphatic heterocycles. The molecular formula is C10H11F3. The third-order valence-electron chi connectivity index (χ3n) is 2.03. The number of hydrogen-bond donors (Lipinski definition) is 0. The zero-order chi connectivity index (χ0) is 9.84. The predicted molar refractivity (Wildman–Crippen MR) is 46.0 cm³/mol. The monoisotopic (exact) mass is 188 g/mol. The Hall–Kier alpha value is -0.990. The van der Waals surface area contributed by atoms with E-state index in [0.29, 0.717) is 6.42 Å². The topological polar surface area (TPSA) is 0 Å². The van der Waals surface area contributed by atoms with E-state index in [1.54, 1.807) is 6.08 Å². The molecule has 3 heteroatoms. The second-order valence-electron chi connectivity index (χ2n) is 3.18. The van der Waals surface area contributed by atoms with Crippen molar-refractivity contribution >= 4 is 0 Å². The van der Waals surface area contributed by atoms with E-state index in [0.717, 1.165) is 12.0 Å². The SMILES string of the molecule is CC1=CC=C(CC(F)=C(F)F)CC1. The van der Waals surface area contributed by atoms with Gasteiger partial charge in [0.05, 0.1) is 0 Å². The van der Waals surface area contributed by atoms with Crippen LogP contribution in [0.15, 0.2) is 35.2 Å². The summed E-state index contributed by atoms with van der Waals surface area (Å²) in [6, 6.07) is 0. The molecular weight excluding hydrogens is 177 g/mol. The fourth-order valence-electron chi connectivity index (χ4n) is 1.20. The van der Waals surface area contributed by atoms with Gasteiger partial charge in [-0.3, -0.25) is 0 Å². The van der Waals surface area contributed by atoms with Crippen molar-refractivity contribution in [2.24, 2.45) is 0 Å². The number of hydrogen-bond acceptors (Lipinski definition) is 0. The second kappa shape index (κ2) is 4.30. The molecule has 0 fully saturated rings. The highest BCUT2D eigenvalue weighted by atomic mass is 19.3. The lowest BCUT2D eigenvalue weighted by molar-refractivity contribution is 0.373. The highest BCUT2D eigenvalue weighted by Crippen LogP contribution is 2.25. The Labute approximate surface area is 75.4 Å². The van der Waals surface area contributed by atoms with Gasteiger partial charge in [-0.1, -0.05) is 23.3 Å². The molecule has 1 rings (SSSR count). The van der Waals surface area contributed by atoms with E-state index in [2.05, 4.69) is 0 Å². The lowest BCUT2D eigenvalue weighted by atomic mass is 9.97. The third kappa shape index (κ3) is 3.09. The first-order valence-electron chi connectivity index (χ1n) is 4.14. The summed E-state index contributed by atoms with van der Waals surface area (Å²) in [7, 11) is 0. The summed E-state index contributed by atoms with van der Waals surface area (Å²) >= 11 is 0. The molecule has 0 aromatic carbocycles. The van der Waals surface area contributed by atoms with Crippen molar-refractivity contribution in [2.45, 2.75) is 26.2 Å². The van der Waals surface area contributed by atoms with Crippen LogP contribution in [-0.4, -0.2) is 0 Å². The van der Waals surface area contributed by atoms with Gasteiger partial charge in [0.1, 0.15) is 0 Å². The zero-order valence-corrected chi connectivity index (χ0v) is 7.41. The van der Waals surface area contributed by atoms with Gasteiger partial charge in [0.2, 0.25) is 0 Å². The largest absolute Gasteiger partial charge is 0.301 e. The molecule has 1 aliphatic carbocycles.